The molecule has 0 bridgehead atoms. The molecule has 0 saturated carbocycles. The highest BCUT2D eigenvalue weighted by atomic mass is 32.2. The van der Waals surface area contributed by atoms with Crippen molar-refractivity contribution in [2.45, 2.75) is 44.1 Å². The van der Waals surface area contributed by atoms with E-state index in [1.807, 2.05) is 0 Å². The maximum atomic E-state index is 14.8. The molecule has 1 aromatic heterocycles. The average molecular weight is 481 g/mol. The minimum Gasteiger partial charge on any atom is -0.474 e. The summed E-state index contributed by atoms with van der Waals surface area (Å²) in [5, 5.41) is 9.23. The number of benzene rings is 1. The third-order valence-corrected chi connectivity index (χ3v) is 8.15. The first kappa shape index (κ1) is 24.7. The number of nitrogens with two attached hydrogens (primary N) is 1. The van der Waals surface area contributed by atoms with Gasteiger partial charge in [0.1, 0.15) is 34.2 Å². The van der Waals surface area contributed by atoms with Gasteiger partial charge in [0.2, 0.25) is 5.88 Å². The van der Waals surface area contributed by atoms with Gasteiger partial charge in [0.15, 0.2) is 15.7 Å². The van der Waals surface area contributed by atoms with Crippen LogP contribution in [0.2, 0.25) is 0 Å². The predicted molar refractivity (Wildman–Crippen MR) is 121 cm³/mol. The van der Waals surface area contributed by atoms with Gasteiger partial charge in [0.05, 0.1) is 24.3 Å². The predicted octanol–water partition coefficient (Wildman–Crippen LogP) is 2.62. The number of sulfone groups is 1. The van der Waals surface area contributed by atoms with Crippen LogP contribution in [0.1, 0.15) is 44.5 Å². The lowest BCUT2D eigenvalue weighted by Gasteiger charge is -2.38. The van der Waals surface area contributed by atoms with Gasteiger partial charge in [0.25, 0.3) is 0 Å². The highest BCUT2D eigenvalue weighted by molar-refractivity contribution is 7.93. The minimum absolute atomic E-state index is 0.0148. The van der Waals surface area contributed by atoms with Crippen molar-refractivity contribution in [3.63, 3.8) is 0 Å². The van der Waals surface area contributed by atoms with E-state index < -0.39 is 43.6 Å². The topological polar surface area (TPSA) is 128 Å². The molecule has 3 rings (SSSR count). The van der Waals surface area contributed by atoms with Crippen LogP contribution in [0.4, 0.5) is 8.78 Å². The van der Waals surface area contributed by atoms with Gasteiger partial charge in [-0.3, -0.25) is 4.99 Å². The van der Waals surface area contributed by atoms with Crippen molar-refractivity contribution in [3.05, 3.63) is 53.2 Å². The highest BCUT2D eigenvalue weighted by Gasteiger charge is 2.49. The van der Waals surface area contributed by atoms with Crippen molar-refractivity contribution in [1.29, 1.82) is 0 Å². The van der Waals surface area contributed by atoms with Gasteiger partial charge in [-0.05, 0) is 51.5 Å². The van der Waals surface area contributed by atoms with Crippen LogP contribution in [0.3, 0.4) is 0 Å². The molecule has 0 saturated heterocycles. The van der Waals surface area contributed by atoms with Gasteiger partial charge >= 0.3 is 0 Å². The van der Waals surface area contributed by atoms with Crippen LogP contribution < -0.4 is 10.5 Å². The molecule has 1 aliphatic rings. The minimum atomic E-state index is -3.73. The second-order valence-corrected chi connectivity index (χ2v) is 11.2. The Bertz CT molecular complexity index is 1210. The number of aliphatic hydroxyl groups excluding tert-OH is 1. The molecular formula is C22H26F2N4O4S. The molecule has 0 fully saturated rings. The van der Waals surface area contributed by atoms with Crippen molar-refractivity contribution in [2.75, 3.05) is 12.4 Å². The van der Waals surface area contributed by atoms with Gasteiger partial charge in [-0.1, -0.05) is 6.07 Å². The van der Waals surface area contributed by atoms with Crippen LogP contribution in [0, 0.1) is 5.82 Å². The number of aromatic nitrogens is 2. The van der Waals surface area contributed by atoms with Gasteiger partial charge < -0.3 is 15.6 Å². The van der Waals surface area contributed by atoms with Crippen molar-refractivity contribution >= 4 is 27.6 Å². The van der Waals surface area contributed by atoms with E-state index in [9.17, 15) is 22.3 Å². The molecule has 0 aliphatic carbocycles. The summed E-state index contributed by atoms with van der Waals surface area (Å²) in [6.45, 7) is 5.95. The Morgan fingerprint density at radius 2 is 2.00 bits per heavy atom. The van der Waals surface area contributed by atoms with Crippen molar-refractivity contribution in [2.24, 2.45) is 10.7 Å². The molecule has 33 heavy (non-hydrogen) atoms. The summed E-state index contributed by atoms with van der Waals surface area (Å²) in [6, 6.07) is 3.81. The van der Waals surface area contributed by atoms with E-state index in [1.165, 1.54) is 39.1 Å². The monoisotopic (exact) mass is 480 g/mol. The Hall–Kier alpha value is -2.92. The maximum Gasteiger partial charge on any atom is 0.232 e. The number of hydrogen-bond donors (Lipinski definition) is 2. The van der Waals surface area contributed by atoms with Crippen molar-refractivity contribution in [1.82, 2.24) is 9.97 Å². The zero-order valence-electron chi connectivity index (χ0n) is 18.7. The number of nitrogens with zero attached hydrogens (tertiary/aromatic N) is 3. The first-order valence-electron chi connectivity index (χ1n) is 10.1. The number of rotatable bonds is 6. The van der Waals surface area contributed by atoms with Crippen LogP contribution in [0.25, 0.3) is 11.9 Å². The van der Waals surface area contributed by atoms with E-state index in [1.54, 1.807) is 6.92 Å². The third kappa shape index (κ3) is 5.03. The SMILES string of the molecule is C[C@H](O)COc1cnc(/C(F)=C/c2ccc(F)c([C@]3(C)CS(=O)(=O)C(C)(C)C(N)=N3)c2)cn1. The van der Waals surface area contributed by atoms with E-state index in [-0.39, 0.29) is 35.1 Å². The fraction of sp³-hybridized carbons (Fsp3) is 0.409. The molecule has 0 spiro atoms. The first-order valence-corrected chi connectivity index (χ1v) is 11.8. The zero-order valence-corrected chi connectivity index (χ0v) is 19.5. The summed E-state index contributed by atoms with van der Waals surface area (Å²) in [5.41, 5.74) is 4.64. The number of aliphatic imine (C=N–C) groups is 1. The van der Waals surface area contributed by atoms with E-state index in [2.05, 4.69) is 15.0 Å². The normalized spacial score (nSPS) is 23.0. The fourth-order valence-corrected chi connectivity index (χ4v) is 4.95. The molecule has 2 heterocycles. The summed E-state index contributed by atoms with van der Waals surface area (Å²) in [6.07, 6.45) is 2.81. The van der Waals surface area contributed by atoms with Gasteiger partial charge in [0, 0.05) is 5.56 Å². The fourth-order valence-electron chi connectivity index (χ4n) is 3.27. The molecular weight excluding hydrogens is 454 g/mol. The maximum absolute atomic E-state index is 14.8. The molecule has 11 heteroatoms. The molecule has 2 aromatic rings. The van der Waals surface area contributed by atoms with E-state index in [4.69, 9.17) is 10.5 Å². The summed E-state index contributed by atoms with van der Waals surface area (Å²) in [5.74, 6) is -1.86. The molecule has 8 nitrogen and oxygen atoms in total. The second-order valence-electron chi connectivity index (χ2n) is 8.67. The van der Waals surface area contributed by atoms with Crippen LogP contribution in [0.5, 0.6) is 5.88 Å². The van der Waals surface area contributed by atoms with Crippen LogP contribution >= 0.6 is 0 Å². The summed E-state index contributed by atoms with van der Waals surface area (Å²) >= 11 is 0. The lowest BCUT2D eigenvalue weighted by atomic mass is 9.91. The standard InChI is InChI=1S/C22H26F2N4O4S/c1-13(29)11-32-19-10-26-18(9-27-19)17(24)8-14-5-6-16(23)15(7-14)22(4)12-33(30,31)21(2,3)20(25)28-22/h5-10,13,29H,11-12H2,1-4H3,(H2,25,28)/b17-8-/t13-,22-/m0/s1. The molecule has 1 aliphatic heterocycles. The smallest absolute Gasteiger partial charge is 0.232 e. The van der Waals surface area contributed by atoms with Crippen LogP contribution in [-0.2, 0) is 15.4 Å². The van der Waals surface area contributed by atoms with Gasteiger partial charge in [-0.25, -0.2) is 27.2 Å². The Labute approximate surface area is 191 Å². The molecule has 0 amide bonds. The molecule has 2 atom stereocenters. The summed E-state index contributed by atoms with van der Waals surface area (Å²) < 4.78 is 58.9. The van der Waals surface area contributed by atoms with E-state index in [0.717, 1.165) is 18.3 Å². The Balaban J connectivity index is 1.93. The number of aliphatic hydroxyl groups is 1. The molecule has 3 N–H and O–H groups in total. The largest absolute Gasteiger partial charge is 0.474 e. The third-order valence-electron chi connectivity index (χ3n) is 5.44. The summed E-state index contributed by atoms with van der Waals surface area (Å²) in [7, 11) is -3.73. The van der Waals surface area contributed by atoms with E-state index in [0.29, 0.717) is 0 Å². The molecule has 0 radical (unpaired) electrons. The number of hydrogen-bond acceptors (Lipinski definition) is 8. The van der Waals surface area contributed by atoms with Crippen LogP contribution in [-0.4, -0.2) is 52.5 Å². The van der Waals surface area contributed by atoms with Gasteiger partial charge in [-0.15, -0.1) is 0 Å². The highest BCUT2D eigenvalue weighted by Crippen LogP contribution is 2.38. The average Bonchev–Trinajstić information content (AvgIpc) is 2.72. The zero-order chi connectivity index (χ0) is 24.6. The Morgan fingerprint density at radius 1 is 1.30 bits per heavy atom. The lowest BCUT2D eigenvalue weighted by molar-refractivity contribution is 0.119. The summed E-state index contributed by atoms with van der Waals surface area (Å²) in [4.78, 5) is 12.2. The van der Waals surface area contributed by atoms with Crippen molar-refractivity contribution < 1.29 is 27.0 Å². The van der Waals surface area contributed by atoms with Crippen LogP contribution in [0.15, 0.2) is 35.6 Å². The molecule has 0 unspecified atom stereocenters. The molecule has 178 valence electrons. The number of halogens is 2. The van der Waals surface area contributed by atoms with E-state index >= 15 is 0 Å². The number of ether oxygens (including phenoxy) is 1. The van der Waals surface area contributed by atoms with Crippen molar-refractivity contribution in [3.8, 4) is 5.88 Å². The quantitative estimate of drug-likeness (QED) is 0.650. The Kier molecular flexibility index (Phi) is 6.58. The second kappa shape index (κ2) is 8.79. The Morgan fingerprint density at radius 3 is 2.58 bits per heavy atom. The first-order chi connectivity index (χ1) is 15.2. The lowest BCUT2D eigenvalue weighted by Crippen LogP contribution is -2.55. The molecule has 1 aromatic carbocycles. The number of amidine groups is 1. The van der Waals surface area contributed by atoms with Gasteiger partial charge in [-0.2, -0.15) is 0 Å².